The van der Waals surface area contributed by atoms with Crippen molar-refractivity contribution < 1.29 is 18.0 Å². The van der Waals surface area contributed by atoms with Gasteiger partial charge in [-0.05, 0) is 54.6 Å². The van der Waals surface area contributed by atoms with E-state index in [0.717, 1.165) is 0 Å². The predicted molar refractivity (Wildman–Crippen MR) is 94.5 cm³/mol. The third kappa shape index (κ3) is 3.00. The Balaban J connectivity index is 1.70. The molecule has 0 unspecified atom stereocenters. The van der Waals surface area contributed by atoms with Gasteiger partial charge in [0.1, 0.15) is 17.2 Å². The van der Waals surface area contributed by atoms with E-state index in [0.29, 0.717) is 28.0 Å². The molecular formula is C20H12FNO4. The summed E-state index contributed by atoms with van der Waals surface area (Å²) < 4.78 is 23.8. The van der Waals surface area contributed by atoms with Crippen LogP contribution in [-0.4, -0.2) is 5.91 Å². The Morgan fingerprint density at radius 3 is 2.54 bits per heavy atom. The van der Waals surface area contributed by atoms with Crippen molar-refractivity contribution in [2.24, 2.45) is 0 Å². The van der Waals surface area contributed by atoms with Crippen LogP contribution >= 0.6 is 0 Å². The van der Waals surface area contributed by atoms with Gasteiger partial charge in [0.2, 0.25) is 0 Å². The summed E-state index contributed by atoms with van der Waals surface area (Å²) in [6.07, 6.45) is 1.40. The fourth-order valence-electron chi connectivity index (χ4n) is 2.59. The van der Waals surface area contributed by atoms with Crippen LogP contribution in [0.1, 0.15) is 10.6 Å². The molecule has 26 heavy (non-hydrogen) atoms. The zero-order valence-corrected chi connectivity index (χ0v) is 13.4. The van der Waals surface area contributed by atoms with Crippen LogP contribution in [0.3, 0.4) is 0 Å². The number of amides is 1. The average molecular weight is 349 g/mol. The van der Waals surface area contributed by atoms with Gasteiger partial charge in [0.05, 0.1) is 11.6 Å². The number of hydrogen-bond donors (Lipinski definition) is 1. The molecule has 0 aliphatic rings. The van der Waals surface area contributed by atoms with Gasteiger partial charge in [-0.1, -0.05) is 0 Å². The normalized spacial score (nSPS) is 10.8. The minimum atomic E-state index is -0.415. The quantitative estimate of drug-likeness (QED) is 0.593. The molecule has 5 nitrogen and oxygen atoms in total. The summed E-state index contributed by atoms with van der Waals surface area (Å²) >= 11 is 0. The lowest BCUT2D eigenvalue weighted by Gasteiger charge is -2.06. The number of hydrogen-bond acceptors (Lipinski definition) is 4. The third-order valence-electron chi connectivity index (χ3n) is 3.86. The Morgan fingerprint density at radius 1 is 1.00 bits per heavy atom. The summed E-state index contributed by atoms with van der Waals surface area (Å²) in [6, 6.07) is 14.9. The average Bonchev–Trinajstić information content (AvgIpc) is 3.17. The summed E-state index contributed by atoms with van der Waals surface area (Å²) in [7, 11) is 0. The molecule has 0 radical (unpaired) electrons. The van der Waals surface area contributed by atoms with Gasteiger partial charge in [-0.25, -0.2) is 4.39 Å². The van der Waals surface area contributed by atoms with Gasteiger partial charge in [-0.2, -0.15) is 0 Å². The highest BCUT2D eigenvalue weighted by Crippen LogP contribution is 2.24. The Kier molecular flexibility index (Phi) is 3.85. The monoisotopic (exact) mass is 349 g/mol. The largest absolute Gasteiger partial charge is 0.459 e. The number of benzene rings is 2. The first-order valence-corrected chi connectivity index (χ1v) is 7.79. The summed E-state index contributed by atoms with van der Waals surface area (Å²) in [5, 5.41) is 2.99. The molecule has 0 aliphatic carbocycles. The highest BCUT2D eigenvalue weighted by atomic mass is 19.1. The molecule has 0 saturated heterocycles. The Morgan fingerprint density at radius 2 is 1.81 bits per heavy atom. The molecular weight excluding hydrogens is 337 g/mol. The van der Waals surface area contributed by atoms with Crippen molar-refractivity contribution in [1.29, 1.82) is 0 Å². The van der Waals surface area contributed by atoms with E-state index in [4.69, 9.17) is 8.83 Å². The van der Waals surface area contributed by atoms with E-state index in [1.807, 2.05) is 0 Å². The van der Waals surface area contributed by atoms with E-state index < -0.39 is 5.91 Å². The van der Waals surface area contributed by atoms with Gasteiger partial charge in [-0.3, -0.25) is 9.59 Å². The van der Waals surface area contributed by atoms with Gasteiger partial charge in [0.25, 0.3) is 5.91 Å². The van der Waals surface area contributed by atoms with Crippen molar-refractivity contribution in [3.05, 3.63) is 88.7 Å². The van der Waals surface area contributed by atoms with E-state index in [-0.39, 0.29) is 17.0 Å². The molecule has 128 valence electrons. The highest BCUT2D eigenvalue weighted by Gasteiger charge is 2.11. The lowest BCUT2D eigenvalue weighted by Crippen LogP contribution is -2.11. The fourth-order valence-corrected chi connectivity index (χ4v) is 2.59. The molecule has 0 aliphatic heterocycles. The second kappa shape index (κ2) is 6.33. The molecule has 1 amide bonds. The zero-order chi connectivity index (χ0) is 18.1. The number of carbonyl (C=O) groups is 1. The first-order valence-electron chi connectivity index (χ1n) is 7.79. The first-order chi connectivity index (χ1) is 12.6. The smallest absolute Gasteiger partial charge is 0.291 e. The first kappa shape index (κ1) is 15.8. The van der Waals surface area contributed by atoms with E-state index in [9.17, 15) is 14.0 Å². The van der Waals surface area contributed by atoms with Crippen LogP contribution in [0.15, 0.2) is 80.6 Å². The minimum Gasteiger partial charge on any atom is -0.459 e. The molecule has 4 aromatic rings. The topological polar surface area (TPSA) is 72.5 Å². The number of furan rings is 1. The zero-order valence-electron chi connectivity index (χ0n) is 13.4. The second-order valence-corrected chi connectivity index (χ2v) is 5.62. The maximum atomic E-state index is 13.1. The molecule has 1 N–H and O–H groups in total. The van der Waals surface area contributed by atoms with Crippen molar-refractivity contribution in [2.45, 2.75) is 0 Å². The lowest BCUT2D eigenvalue weighted by atomic mass is 10.1. The molecule has 4 rings (SSSR count). The summed E-state index contributed by atoms with van der Waals surface area (Å²) in [5.74, 6) is -0.269. The highest BCUT2D eigenvalue weighted by molar-refractivity contribution is 6.03. The third-order valence-corrected chi connectivity index (χ3v) is 3.86. The summed E-state index contributed by atoms with van der Waals surface area (Å²) in [4.78, 5) is 24.5. The fraction of sp³-hybridized carbons (Fsp3) is 0. The van der Waals surface area contributed by atoms with Crippen LogP contribution < -0.4 is 10.7 Å². The molecule has 2 aromatic heterocycles. The van der Waals surface area contributed by atoms with Gasteiger partial charge < -0.3 is 14.2 Å². The van der Waals surface area contributed by atoms with Gasteiger partial charge in [0, 0.05) is 17.3 Å². The predicted octanol–water partition coefficient (Wildman–Crippen LogP) is 4.44. The number of carbonyl (C=O) groups excluding carboxylic acids is 1. The Labute approximate surface area is 146 Å². The molecule has 6 heteroatoms. The maximum absolute atomic E-state index is 13.1. The van der Waals surface area contributed by atoms with E-state index >= 15 is 0 Å². The second-order valence-electron chi connectivity index (χ2n) is 5.62. The number of fused-ring (bicyclic) bond motifs is 1. The molecule has 0 fully saturated rings. The standard InChI is InChI=1S/C20H12FNO4/c21-13-5-3-12(4-6-13)19-11-16(23)15-10-14(7-8-17(15)26-19)22-20(24)18-2-1-9-25-18/h1-11H,(H,22,24). The van der Waals surface area contributed by atoms with Crippen LogP contribution in [0.25, 0.3) is 22.3 Å². The molecule has 2 heterocycles. The van der Waals surface area contributed by atoms with Crippen LogP contribution in [0.5, 0.6) is 0 Å². The van der Waals surface area contributed by atoms with Crippen molar-refractivity contribution >= 4 is 22.6 Å². The lowest BCUT2D eigenvalue weighted by molar-refractivity contribution is 0.0996. The van der Waals surface area contributed by atoms with E-state index in [1.54, 1.807) is 24.3 Å². The van der Waals surface area contributed by atoms with Crippen LogP contribution in [0, 0.1) is 5.82 Å². The number of anilines is 1. The number of halogens is 1. The number of rotatable bonds is 3. The van der Waals surface area contributed by atoms with E-state index in [1.165, 1.54) is 42.7 Å². The molecule has 0 atom stereocenters. The van der Waals surface area contributed by atoms with Crippen molar-refractivity contribution in [2.75, 3.05) is 5.32 Å². The van der Waals surface area contributed by atoms with Crippen molar-refractivity contribution in [3.8, 4) is 11.3 Å². The molecule has 0 spiro atoms. The molecule has 2 aromatic carbocycles. The SMILES string of the molecule is O=C(Nc1ccc2oc(-c3ccc(F)cc3)cc(=O)c2c1)c1ccco1. The van der Waals surface area contributed by atoms with Gasteiger partial charge >= 0.3 is 0 Å². The Bertz CT molecular complexity index is 1140. The molecule has 0 bridgehead atoms. The Hall–Kier alpha value is -3.67. The minimum absolute atomic E-state index is 0.170. The van der Waals surface area contributed by atoms with Gasteiger partial charge in [0.15, 0.2) is 11.2 Å². The van der Waals surface area contributed by atoms with Crippen molar-refractivity contribution in [3.63, 3.8) is 0 Å². The summed E-state index contributed by atoms with van der Waals surface area (Å²) in [5.41, 5.74) is 1.15. The van der Waals surface area contributed by atoms with Crippen molar-refractivity contribution in [1.82, 2.24) is 0 Å². The van der Waals surface area contributed by atoms with Crippen LogP contribution in [-0.2, 0) is 0 Å². The number of nitrogens with one attached hydrogen (secondary N) is 1. The van der Waals surface area contributed by atoms with Crippen LogP contribution in [0.4, 0.5) is 10.1 Å². The van der Waals surface area contributed by atoms with Crippen LogP contribution in [0.2, 0.25) is 0 Å². The van der Waals surface area contributed by atoms with Gasteiger partial charge in [-0.15, -0.1) is 0 Å². The van der Waals surface area contributed by atoms with E-state index in [2.05, 4.69) is 5.32 Å². The molecule has 0 saturated carbocycles. The maximum Gasteiger partial charge on any atom is 0.291 e. The summed E-state index contributed by atoms with van der Waals surface area (Å²) in [6.45, 7) is 0.